The summed E-state index contributed by atoms with van der Waals surface area (Å²) in [7, 11) is 0. The second-order valence-corrected chi connectivity index (χ2v) is 5.01. The first-order chi connectivity index (χ1) is 8.32. The SMILES string of the molecule is CC(C)(C)C(NOC(=O)c1ccccc1)C(=O)O. The van der Waals surface area contributed by atoms with Crippen molar-refractivity contribution in [3.63, 3.8) is 0 Å². The van der Waals surface area contributed by atoms with E-state index in [2.05, 4.69) is 5.48 Å². The van der Waals surface area contributed by atoms with Crippen molar-refractivity contribution in [3.8, 4) is 0 Å². The first-order valence-electron chi connectivity index (χ1n) is 5.57. The molecule has 1 rings (SSSR count). The maximum atomic E-state index is 11.6. The van der Waals surface area contributed by atoms with Gasteiger partial charge >= 0.3 is 11.9 Å². The molecular formula is C13H17NO4. The number of rotatable bonds is 4. The van der Waals surface area contributed by atoms with Gasteiger partial charge in [-0.1, -0.05) is 39.0 Å². The standard InChI is InChI=1S/C13H17NO4/c1-13(2,3)10(11(15)16)14-18-12(17)9-7-5-4-6-8-9/h4-8,10,14H,1-3H3,(H,15,16). The van der Waals surface area contributed by atoms with Gasteiger partial charge in [0.15, 0.2) is 0 Å². The second-order valence-electron chi connectivity index (χ2n) is 5.01. The largest absolute Gasteiger partial charge is 0.480 e. The summed E-state index contributed by atoms with van der Waals surface area (Å²) in [4.78, 5) is 27.5. The third-order valence-electron chi connectivity index (χ3n) is 2.39. The normalized spacial score (nSPS) is 12.8. The van der Waals surface area contributed by atoms with Crippen LogP contribution in [0.1, 0.15) is 31.1 Å². The average Bonchev–Trinajstić information content (AvgIpc) is 2.28. The topological polar surface area (TPSA) is 75.6 Å². The molecule has 1 aromatic rings. The van der Waals surface area contributed by atoms with Crippen molar-refractivity contribution in [2.75, 3.05) is 0 Å². The van der Waals surface area contributed by atoms with Gasteiger partial charge in [0.1, 0.15) is 6.04 Å². The molecule has 0 spiro atoms. The number of hydroxylamine groups is 1. The average molecular weight is 251 g/mol. The fraction of sp³-hybridized carbons (Fsp3) is 0.385. The Balaban J connectivity index is 2.64. The molecule has 1 aromatic carbocycles. The van der Waals surface area contributed by atoms with Gasteiger partial charge in [0.2, 0.25) is 0 Å². The third-order valence-corrected chi connectivity index (χ3v) is 2.39. The molecule has 0 aromatic heterocycles. The van der Waals surface area contributed by atoms with E-state index >= 15 is 0 Å². The predicted molar refractivity (Wildman–Crippen MR) is 65.9 cm³/mol. The fourth-order valence-corrected chi connectivity index (χ4v) is 1.34. The van der Waals surface area contributed by atoms with Crippen LogP contribution in [-0.4, -0.2) is 23.1 Å². The molecule has 98 valence electrons. The number of carbonyl (C=O) groups excluding carboxylic acids is 1. The highest BCUT2D eigenvalue weighted by Gasteiger charge is 2.32. The van der Waals surface area contributed by atoms with Crippen LogP contribution in [0.4, 0.5) is 0 Å². The van der Waals surface area contributed by atoms with Crippen LogP contribution >= 0.6 is 0 Å². The van der Waals surface area contributed by atoms with Gasteiger partial charge in [-0.05, 0) is 17.5 Å². The van der Waals surface area contributed by atoms with Gasteiger partial charge < -0.3 is 9.94 Å². The number of hydrogen-bond acceptors (Lipinski definition) is 4. The Morgan fingerprint density at radius 3 is 2.22 bits per heavy atom. The Morgan fingerprint density at radius 1 is 1.22 bits per heavy atom. The van der Waals surface area contributed by atoms with Gasteiger partial charge in [-0.3, -0.25) is 4.79 Å². The van der Waals surface area contributed by atoms with Crippen molar-refractivity contribution in [3.05, 3.63) is 35.9 Å². The quantitative estimate of drug-likeness (QED) is 0.799. The fourth-order valence-electron chi connectivity index (χ4n) is 1.34. The summed E-state index contributed by atoms with van der Waals surface area (Å²) in [5.74, 6) is -1.67. The monoisotopic (exact) mass is 251 g/mol. The molecule has 0 fully saturated rings. The van der Waals surface area contributed by atoms with Crippen LogP contribution in [0.5, 0.6) is 0 Å². The van der Waals surface area contributed by atoms with Crippen molar-refractivity contribution in [2.24, 2.45) is 5.41 Å². The molecule has 1 atom stereocenters. The molecule has 5 heteroatoms. The number of carboxylic acid groups (broad SMARTS) is 1. The van der Waals surface area contributed by atoms with Gasteiger partial charge in [0.25, 0.3) is 0 Å². The van der Waals surface area contributed by atoms with E-state index in [0.717, 1.165) is 0 Å². The molecule has 0 saturated carbocycles. The van der Waals surface area contributed by atoms with Crippen LogP contribution in [0.15, 0.2) is 30.3 Å². The maximum absolute atomic E-state index is 11.6. The zero-order chi connectivity index (χ0) is 13.8. The van der Waals surface area contributed by atoms with Crippen molar-refractivity contribution in [1.29, 1.82) is 0 Å². The molecule has 0 aliphatic carbocycles. The molecule has 1 unspecified atom stereocenters. The van der Waals surface area contributed by atoms with Crippen LogP contribution in [0, 0.1) is 5.41 Å². The predicted octanol–water partition coefficient (Wildman–Crippen LogP) is 1.85. The molecule has 5 nitrogen and oxygen atoms in total. The molecule has 0 aliphatic heterocycles. The summed E-state index contributed by atoms with van der Waals surface area (Å²) in [6, 6.07) is 7.40. The van der Waals surface area contributed by atoms with Crippen LogP contribution in [0.3, 0.4) is 0 Å². The lowest BCUT2D eigenvalue weighted by atomic mass is 9.87. The molecule has 0 bridgehead atoms. The zero-order valence-electron chi connectivity index (χ0n) is 10.6. The Morgan fingerprint density at radius 2 is 1.78 bits per heavy atom. The number of aliphatic carboxylic acids is 1. The minimum absolute atomic E-state index is 0.364. The number of nitrogens with one attached hydrogen (secondary N) is 1. The number of hydrogen-bond donors (Lipinski definition) is 2. The molecule has 18 heavy (non-hydrogen) atoms. The molecule has 0 aliphatic rings. The van der Waals surface area contributed by atoms with E-state index in [1.54, 1.807) is 51.1 Å². The minimum Gasteiger partial charge on any atom is -0.480 e. The highest BCUT2D eigenvalue weighted by Crippen LogP contribution is 2.19. The zero-order valence-corrected chi connectivity index (χ0v) is 10.6. The highest BCUT2D eigenvalue weighted by molar-refractivity contribution is 5.89. The number of benzene rings is 1. The van der Waals surface area contributed by atoms with Crippen molar-refractivity contribution < 1.29 is 19.5 Å². The maximum Gasteiger partial charge on any atom is 0.356 e. The van der Waals surface area contributed by atoms with Crippen LogP contribution in [0.2, 0.25) is 0 Å². The van der Waals surface area contributed by atoms with E-state index < -0.39 is 23.4 Å². The van der Waals surface area contributed by atoms with Crippen LogP contribution in [0.25, 0.3) is 0 Å². The molecule has 0 saturated heterocycles. The molecule has 0 amide bonds. The summed E-state index contributed by atoms with van der Waals surface area (Å²) in [6.45, 7) is 5.24. The van der Waals surface area contributed by atoms with Gasteiger partial charge in [-0.25, -0.2) is 4.79 Å². The van der Waals surface area contributed by atoms with E-state index in [4.69, 9.17) is 9.94 Å². The van der Waals surface area contributed by atoms with Crippen LogP contribution < -0.4 is 5.48 Å². The lowest BCUT2D eigenvalue weighted by Crippen LogP contribution is -2.47. The molecular weight excluding hydrogens is 234 g/mol. The van der Waals surface area contributed by atoms with E-state index in [9.17, 15) is 9.59 Å². The van der Waals surface area contributed by atoms with Crippen molar-refractivity contribution >= 4 is 11.9 Å². The second kappa shape index (κ2) is 5.64. The first-order valence-corrected chi connectivity index (χ1v) is 5.57. The van der Waals surface area contributed by atoms with E-state index in [1.807, 2.05) is 0 Å². The Hall–Kier alpha value is -1.88. The smallest absolute Gasteiger partial charge is 0.356 e. The Labute approximate surface area is 106 Å². The first kappa shape index (κ1) is 14.2. The Kier molecular flexibility index (Phi) is 4.44. The van der Waals surface area contributed by atoms with Crippen LogP contribution in [-0.2, 0) is 9.63 Å². The summed E-state index contributed by atoms with van der Waals surface area (Å²) in [6.07, 6.45) is 0. The van der Waals surface area contributed by atoms with E-state index in [1.165, 1.54) is 0 Å². The van der Waals surface area contributed by atoms with Crippen molar-refractivity contribution in [1.82, 2.24) is 5.48 Å². The van der Waals surface area contributed by atoms with Crippen molar-refractivity contribution in [2.45, 2.75) is 26.8 Å². The number of carboxylic acids is 1. The number of carbonyl (C=O) groups is 2. The minimum atomic E-state index is -1.07. The van der Waals surface area contributed by atoms with Gasteiger partial charge in [0.05, 0.1) is 5.56 Å². The molecule has 0 heterocycles. The molecule has 0 radical (unpaired) electrons. The van der Waals surface area contributed by atoms with Gasteiger partial charge in [-0.15, -0.1) is 5.48 Å². The molecule has 2 N–H and O–H groups in total. The summed E-state index contributed by atoms with van der Waals surface area (Å²) < 4.78 is 0. The van der Waals surface area contributed by atoms with Gasteiger partial charge in [0, 0.05) is 0 Å². The Bertz CT molecular complexity index is 422. The van der Waals surface area contributed by atoms with E-state index in [-0.39, 0.29) is 0 Å². The summed E-state index contributed by atoms with van der Waals surface area (Å²) in [5.41, 5.74) is 2.11. The van der Waals surface area contributed by atoms with Gasteiger partial charge in [-0.2, -0.15) is 0 Å². The lowest BCUT2D eigenvalue weighted by molar-refractivity contribution is -0.146. The highest BCUT2D eigenvalue weighted by atomic mass is 16.7. The van der Waals surface area contributed by atoms with E-state index in [0.29, 0.717) is 5.56 Å². The summed E-state index contributed by atoms with van der Waals surface area (Å²) in [5, 5.41) is 9.04. The summed E-state index contributed by atoms with van der Waals surface area (Å²) >= 11 is 0. The third kappa shape index (κ3) is 3.85. The lowest BCUT2D eigenvalue weighted by Gasteiger charge is -2.26.